The highest BCUT2D eigenvalue weighted by molar-refractivity contribution is 8.00. The molecule has 0 aliphatic heterocycles. The van der Waals surface area contributed by atoms with Gasteiger partial charge in [-0.05, 0) is 13.0 Å². The van der Waals surface area contributed by atoms with Crippen LogP contribution in [0.25, 0.3) is 11.0 Å². The molecule has 0 atom stereocenters. The van der Waals surface area contributed by atoms with Crippen molar-refractivity contribution in [3.8, 4) is 0 Å². The van der Waals surface area contributed by atoms with E-state index in [0.717, 1.165) is 25.9 Å². The first kappa shape index (κ1) is 15.1. The number of fused-ring (bicyclic) bond motifs is 1. The van der Waals surface area contributed by atoms with Crippen LogP contribution < -0.4 is 0 Å². The molecule has 1 aromatic carbocycles. The van der Waals surface area contributed by atoms with Gasteiger partial charge in [-0.15, -0.1) is 10.2 Å². The van der Waals surface area contributed by atoms with Crippen LogP contribution >= 0.6 is 23.1 Å². The summed E-state index contributed by atoms with van der Waals surface area (Å²) in [6.07, 6.45) is 0. The molecule has 5 nitrogen and oxygen atoms in total. The maximum Gasteiger partial charge on any atom is 0.289 e. The highest BCUT2D eigenvalue weighted by Gasteiger charge is 2.22. The lowest BCUT2D eigenvalue weighted by Crippen LogP contribution is -2.22. The number of benzene rings is 1. The van der Waals surface area contributed by atoms with Gasteiger partial charge >= 0.3 is 0 Å². The number of para-hydroxylation sites is 1. The summed E-state index contributed by atoms with van der Waals surface area (Å²) < 4.78 is 6.67. The zero-order valence-corrected chi connectivity index (χ0v) is 14.1. The van der Waals surface area contributed by atoms with Crippen molar-refractivity contribution in [2.75, 3.05) is 14.1 Å². The molecule has 0 N–H and O–H groups in total. The lowest BCUT2D eigenvalue weighted by atomic mass is 10.1. The maximum absolute atomic E-state index is 12.3. The topological polar surface area (TPSA) is 59.2 Å². The van der Waals surface area contributed by atoms with E-state index in [2.05, 4.69) is 10.2 Å². The minimum absolute atomic E-state index is 0.125. The molecule has 0 saturated heterocycles. The molecule has 2 heterocycles. The average Bonchev–Trinajstić information content (AvgIpc) is 3.07. The van der Waals surface area contributed by atoms with Gasteiger partial charge in [0.1, 0.15) is 10.6 Å². The number of nitrogens with zero attached hydrogens (tertiary/aromatic N) is 3. The van der Waals surface area contributed by atoms with Gasteiger partial charge in [-0.25, -0.2) is 0 Å². The molecule has 0 unspecified atom stereocenters. The summed E-state index contributed by atoms with van der Waals surface area (Å²) in [4.78, 5) is 13.9. The first-order valence-corrected chi connectivity index (χ1v) is 8.51. The fourth-order valence-electron chi connectivity index (χ4n) is 2.09. The molecule has 0 spiro atoms. The average molecular weight is 333 g/mol. The number of amides is 1. The van der Waals surface area contributed by atoms with Crippen LogP contribution in [-0.2, 0) is 5.75 Å². The molecule has 0 aliphatic rings. The zero-order valence-electron chi connectivity index (χ0n) is 12.5. The quantitative estimate of drug-likeness (QED) is 0.683. The van der Waals surface area contributed by atoms with Gasteiger partial charge in [-0.2, -0.15) is 0 Å². The van der Waals surface area contributed by atoms with E-state index in [1.807, 2.05) is 31.2 Å². The van der Waals surface area contributed by atoms with Gasteiger partial charge in [0, 0.05) is 30.8 Å². The molecule has 0 fully saturated rings. The Labute approximate surface area is 136 Å². The van der Waals surface area contributed by atoms with Crippen LogP contribution in [0.3, 0.4) is 0 Å². The molecule has 3 rings (SSSR count). The second kappa shape index (κ2) is 6.10. The third-order valence-corrected chi connectivity index (χ3v) is 5.14. The molecule has 0 bridgehead atoms. The summed E-state index contributed by atoms with van der Waals surface area (Å²) in [6.45, 7) is 1.93. The number of carbonyl (C=O) groups is 1. The summed E-state index contributed by atoms with van der Waals surface area (Å²) in [5.74, 6) is 0.904. The minimum atomic E-state index is -0.125. The first-order valence-electron chi connectivity index (χ1n) is 6.71. The number of rotatable bonds is 4. The van der Waals surface area contributed by atoms with E-state index in [4.69, 9.17) is 4.42 Å². The smallest absolute Gasteiger partial charge is 0.289 e. The van der Waals surface area contributed by atoms with Crippen molar-refractivity contribution in [1.29, 1.82) is 0 Å². The summed E-state index contributed by atoms with van der Waals surface area (Å²) in [5.41, 5.74) is 1.64. The summed E-state index contributed by atoms with van der Waals surface area (Å²) in [5, 5.41) is 10.0. The molecule has 0 aliphatic carbocycles. The molecule has 2 aromatic heterocycles. The Hall–Kier alpha value is -1.86. The Morgan fingerprint density at radius 2 is 2.09 bits per heavy atom. The standard InChI is InChI=1S/C15H15N3O2S2/c1-9-16-17-15(22-9)21-8-11-10-6-4-5-7-12(10)20-13(11)14(19)18(2)3/h4-7H,8H2,1-3H3. The molecular weight excluding hydrogens is 318 g/mol. The molecule has 1 amide bonds. The van der Waals surface area contributed by atoms with Crippen LogP contribution in [0.5, 0.6) is 0 Å². The van der Waals surface area contributed by atoms with E-state index in [0.29, 0.717) is 11.5 Å². The van der Waals surface area contributed by atoms with E-state index >= 15 is 0 Å². The predicted molar refractivity (Wildman–Crippen MR) is 88.4 cm³/mol. The number of aromatic nitrogens is 2. The second-order valence-electron chi connectivity index (χ2n) is 4.98. The second-order valence-corrected chi connectivity index (χ2v) is 7.39. The van der Waals surface area contributed by atoms with Crippen molar-refractivity contribution >= 4 is 40.0 Å². The van der Waals surface area contributed by atoms with Crippen LogP contribution in [0.4, 0.5) is 0 Å². The summed E-state index contributed by atoms with van der Waals surface area (Å²) in [6, 6.07) is 7.71. The number of thioether (sulfide) groups is 1. The van der Waals surface area contributed by atoms with E-state index in [-0.39, 0.29) is 5.91 Å². The largest absolute Gasteiger partial charge is 0.451 e. The highest BCUT2D eigenvalue weighted by atomic mass is 32.2. The third-order valence-electron chi connectivity index (χ3n) is 3.15. The van der Waals surface area contributed by atoms with Crippen LogP contribution in [0, 0.1) is 6.92 Å². The van der Waals surface area contributed by atoms with Gasteiger partial charge in [-0.3, -0.25) is 4.79 Å². The lowest BCUT2D eigenvalue weighted by Gasteiger charge is -2.09. The minimum Gasteiger partial charge on any atom is -0.451 e. The Bertz CT molecular complexity index is 823. The monoisotopic (exact) mass is 333 g/mol. The normalized spacial score (nSPS) is 11.0. The van der Waals surface area contributed by atoms with Crippen molar-refractivity contribution in [1.82, 2.24) is 15.1 Å². The van der Waals surface area contributed by atoms with E-state index < -0.39 is 0 Å². The first-order chi connectivity index (χ1) is 10.6. The number of furan rings is 1. The van der Waals surface area contributed by atoms with Gasteiger partial charge in [0.15, 0.2) is 10.1 Å². The predicted octanol–water partition coefficient (Wildman–Crippen LogP) is 3.59. The molecule has 3 aromatic rings. The van der Waals surface area contributed by atoms with Gasteiger partial charge in [-0.1, -0.05) is 41.3 Å². The van der Waals surface area contributed by atoms with Gasteiger partial charge in [0.05, 0.1) is 0 Å². The van der Waals surface area contributed by atoms with Crippen molar-refractivity contribution in [3.63, 3.8) is 0 Å². The van der Waals surface area contributed by atoms with Crippen LogP contribution in [0.15, 0.2) is 33.0 Å². The van der Waals surface area contributed by atoms with Crippen molar-refractivity contribution in [2.45, 2.75) is 17.0 Å². The summed E-state index contributed by atoms with van der Waals surface area (Å²) in [7, 11) is 3.45. The zero-order chi connectivity index (χ0) is 15.7. The number of carbonyl (C=O) groups excluding carboxylic acids is 1. The number of hydrogen-bond acceptors (Lipinski definition) is 6. The van der Waals surface area contributed by atoms with E-state index in [9.17, 15) is 4.79 Å². The Morgan fingerprint density at radius 3 is 2.77 bits per heavy atom. The molecule has 0 radical (unpaired) electrons. The van der Waals surface area contributed by atoms with Gasteiger partial charge in [0.25, 0.3) is 5.91 Å². The Morgan fingerprint density at radius 1 is 1.32 bits per heavy atom. The molecule has 7 heteroatoms. The Balaban J connectivity index is 1.98. The van der Waals surface area contributed by atoms with Crippen LogP contribution in [0.2, 0.25) is 0 Å². The third kappa shape index (κ3) is 2.86. The SMILES string of the molecule is Cc1nnc(SCc2c(C(=O)N(C)C)oc3ccccc23)s1. The number of aryl methyl sites for hydroxylation is 1. The highest BCUT2D eigenvalue weighted by Crippen LogP contribution is 2.33. The lowest BCUT2D eigenvalue weighted by molar-refractivity contribution is 0.0798. The van der Waals surface area contributed by atoms with E-state index in [1.54, 1.807) is 37.2 Å². The fraction of sp³-hybridized carbons (Fsp3) is 0.267. The molecule has 0 saturated carbocycles. The maximum atomic E-state index is 12.3. The molecule has 22 heavy (non-hydrogen) atoms. The van der Waals surface area contributed by atoms with E-state index in [1.165, 1.54) is 4.90 Å². The molecular formula is C15H15N3O2S2. The van der Waals surface area contributed by atoms with Crippen LogP contribution in [0.1, 0.15) is 21.1 Å². The van der Waals surface area contributed by atoms with Gasteiger partial charge < -0.3 is 9.32 Å². The molecule has 114 valence electrons. The van der Waals surface area contributed by atoms with Crippen molar-refractivity contribution < 1.29 is 9.21 Å². The Kier molecular flexibility index (Phi) is 4.17. The summed E-state index contributed by atoms with van der Waals surface area (Å²) >= 11 is 3.12. The van der Waals surface area contributed by atoms with Crippen molar-refractivity contribution in [2.24, 2.45) is 0 Å². The van der Waals surface area contributed by atoms with Crippen LogP contribution in [-0.4, -0.2) is 35.1 Å². The van der Waals surface area contributed by atoms with Crippen molar-refractivity contribution in [3.05, 3.63) is 40.6 Å². The fourth-order valence-corrected chi connectivity index (χ4v) is 3.93. The number of hydrogen-bond donors (Lipinski definition) is 0. The van der Waals surface area contributed by atoms with Gasteiger partial charge in [0.2, 0.25) is 0 Å².